The van der Waals surface area contributed by atoms with Crippen LogP contribution in [0.5, 0.6) is 0 Å². The first kappa shape index (κ1) is 20.2. The fourth-order valence-electron chi connectivity index (χ4n) is 2.24. The summed E-state index contributed by atoms with van der Waals surface area (Å²) in [7, 11) is -3.63. The minimum absolute atomic E-state index is 0. The van der Waals surface area contributed by atoms with Crippen molar-refractivity contribution in [1.29, 1.82) is 0 Å². The molecule has 1 amide bonds. The summed E-state index contributed by atoms with van der Waals surface area (Å²) in [6.45, 7) is 4.96. The summed E-state index contributed by atoms with van der Waals surface area (Å²) in [6, 6.07) is 5.81. The van der Waals surface area contributed by atoms with Crippen LogP contribution in [0.2, 0.25) is 5.02 Å². The van der Waals surface area contributed by atoms with E-state index in [2.05, 4.69) is 15.5 Å². The molecule has 0 atom stereocenters. The van der Waals surface area contributed by atoms with Gasteiger partial charge in [-0.25, -0.2) is 8.42 Å². The Morgan fingerprint density at radius 1 is 1.22 bits per heavy atom. The molecule has 1 aromatic carbocycles. The summed E-state index contributed by atoms with van der Waals surface area (Å²) in [6.07, 6.45) is 0. The monoisotopic (exact) mass is 381 g/mol. The van der Waals surface area contributed by atoms with Crippen molar-refractivity contribution in [2.75, 3.05) is 45.0 Å². The second kappa shape index (κ2) is 9.44. The lowest BCUT2D eigenvalue weighted by molar-refractivity contribution is -0.118. The van der Waals surface area contributed by atoms with Crippen LogP contribution < -0.4 is 10.6 Å². The first-order valence-corrected chi connectivity index (χ1v) is 9.18. The smallest absolute Gasteiger partial charge is 0.235 e. The Morgan fingerprint density at radius 3 is 2.43 bits per heavy atom. The van der Waals surface area contributed by atoms with Crippen LogP contribution in [0.3, 0.4) is 0 Å². The number of rotatable bonds is 6. The molecule has 1 aliphatic heterocycles. The van der Waals surface area contributed by atoms with Gasteiger partial charge in [0.25, 0.3) is 0 Å². The van der Waals surface area contributed by atoms with E-state index in [-0.39, 0.29) is 17.3 Å². The molecule has 1 aromatic rings. The van der Waals surface area contributed by atoms with E-state index < -0.39 is 21.5 Å². The lowest BCUT2D eigenvalue weighted by atomic mass is 10.3. The van der Waals surface area contributed by atoms with Gasteiger partial charge < -0.3 is 10.6 Å². The normalized spacial score (nSPS) is 15.7. The zero-order valence-corrected chi connectivity index (χ0v) is 15.0. The Balaban J connectivity index is 0.00000264. The van der Waals surface area contributed by atoms with E-state index >= 15 is 0 Å². The van der Waals surface area contributed by atoms with Gasteiger partial charge in [0, 0.05) is 44.3 Å². The summed E-state index contributed by atoms with van der Waals surface area (Å²) in [4.78, 5) is 14.1. The number of nitrogens with one attached hydrogen (secondary N) is 2. The maximum absolute atomic E-state index is 12.1. The average Bonchev–Trinajstić information content (AvgIpc) is 2.48. The highest BCUT2D eigenvalue weighted by molar-refractivity contribution is 7.92. The van der Waals surface area contributed by atoms with Gasteiger partial charge in [-0.05, 0) is 24.3 Å². The maximum Gasteiger partial charge on any atom is 0.235 e. The number of hydrogen-bond donors (Lipinski definition) is 2. The summed E-state index contributed by atoms with van der Waals surface area (Å²) >= 11 is 5.73. The molecule has 0 bridgehead atoms. The number of nitrogens with zero attached hydrogens (tertiary/aromatic N) is 1. The second-order valence-electron chi connectivity index (χ2n) is 5.15. The van der Waals surface area contributed by atoms with Crippen LogP contribution in [0.25, 0.3) is 0 Å². The summed E-state index contributed by atoms with van der Waals surface area (Å²) in [5.74, 6) is -1.03. The van der Waals surface area contributed by atoms with Gasteiger partial charge in [-0.2, -0.15) is 0 Å². The Morgan fingerprint density at radius 2 is 1.83 bits per heavy atom. The van der Waals surface area contributed by atoms with Crippen LogP contribution in [0, 0.1) is 0 Å². The van der Waals surface area contributed by atoms with Gasteiger partial charge in [0.1, 0.15) is 5.75 Å². The van der Waals surface area contributed by atoms with Crippen molar-refractivity contribution in [2.45, 2.75) is 4.90 Å². The molecule has 2 N–H and O–H groups in total. The number of amides is 1. The average molecular weight is 382 g/mol. The molecule has 0 spiro atoms. The van der Waals surface area contributed by atoms with E-state index in [4.69, 9.17) is 11.6 Å². The van der Waals surface area contributed by atoms with E-state index in [1.165, 1.54) is 24.3 Å². The lowest BCUT2D eigenvalue weighted by Gasteiger charge is -2.27. The predicted octanol–water partition coefficient (Wildman–Crippen LogP) is 0.557. The molecular formula is C14H21Cl2N3O3S. The fourth-order valence-corrected chi connectivity index (χ4v) is 3.53. The molecule has 9 heteroatoms. The van der Waals surface area contributed by atoms with E-state index in [0.29, 0.717) is 11.6 Å². The van der Waals surface area contributed by atoms with Gasteiger partial charge >= 0.3 is 0 Å². The Hall–Kier alpha value is -0.860. The van der Waals surface area contributed by atoms with E-state index in [9.17, 15) is 13.2 Å². The summed E-state index contributed by atoms with van der Waals surface area (Å²) in [5.41, 5.74) is 0. The molecule has 2 rings (SSSR count). The zero-order valence-electron chi connectivity index (χ0n) is 12.6. The number of benzene rings is 1. The molecule has 0 aliphatic carbocycles. The van der Waals surface area contributed by atoms with Crippen molar-refractivity contribution < 1.29 is 13.2 Å². The van der Waals surface area contributed by atoms with Crippen molar-refractivity contribution in [3.05, 3.63) is 29.3 Å². The van der Waals surface area contributed by atoms with Crippen LogP contribution in [-0.2, 0) is 14.6 Å². The topological polar surface area (TPSA) is 78.5 Å². The predicted molar refractivity (Wildman–Crippen MR) is 93.1 cm³/mol. The van der Waals surface area contributed by atoms with E-state index in [1.54, 1.807) is 0 Å². The highest BCUT2D eigenvalue weighted by Gasteiger charge is 2.19. The van der Waals surface area contributed by atoms with Crippen molar-refractivity contribution in [3.8, 4) is 0 Å². The largest absolute Gasteiger partial charge is 0.354 e. The number of hydrogen-bond acceptors (Lipinski definition) is 5. The Labute approximate surface area is 147 Å². The first-order chi connectivity index (χ1) is 10.5. The van der Waals surface area contributed by atoms with Gasteiger partial charge in [-0.15, -0.1) is 12.4 Å². The number of piperazine rings is 1. The molecule has 1 aliphatic rings. The SMILES string of the molecule is Cl.O=C(CS(=O)(=O)c1ccc(Cl)cc1)NCCN1CCNCC1. The molecule has 1 fully saturated rings. The fraction of sp³-hybridized carbons (Fsp3) is 0.500. The van der Waals surface area contributed by atoms with Gasteiger partial charge in [0.05, 0.1) is 4.90 Å². The Kier molecular flexibility index (Phi) is 8.28. The van der Waals surface area contributed by atoms with Gasteiger partial charge in [0.15, 0.2) is 9.84 Å². The van der Waals surface area contributed by atoms with Crippen molar-refractivity contribution >= 4 is 39.8 Å². The molecule has 6 nitrogen and oxygen atoms in total. The molecule has 0 aromatic heterocycles. The molecule has 0 radical (unpaired) electrons. The molecule has 1 heterocycles. The van der Waals surface area contributed by atoms with Crippen molar-refractivity contribution in [2.24, 2.45) is 0 Å². The second-order valence-corrected chi connectivity index (χ2v) is 7.58. The number of carbonyl (C=O) groups is 1. The van der Waals surface area contributed by atoms with Crippen molar-refractivity contribution in [1.82, 2.24) is 15.5 Å². The minimum Gasteiger partial charge on any atom is -0.354 e. The molecule has 130 valence electrons. The molecule has 1 saturated heterocycles. The molecule has 23 heavy (non-hydrogen) atoms. The zero-order chi connectivity index (χ0) is 16.0. The number of sulfone groups is 1. The highest BCUT2D eigenvalue weighted by Crippen LogP contribution is 2.15. The number of carbonyl (C=O) groups excluding carboxylic acids is 1. The van der Waals surface area contributed by atoms with E-state index in [1.807, 2.05) is 0 Å². The molecule has 0 saturated carbocycles. The van der Waals surface area contributed by atoms with Crippen LogP contribution in [0.1, 0.15) is 0 Å². The van der Waals surface area contributed by atoms with Crippen LogP contribution in [-0.4, -0.2) is 64.2 Å². The maximum atomic E-state index is 12.1. The van der Waals surface area contributed by atoms with Gasteiger partial charge in [-0.1, -0.05) is 11.6 Å². The first-order valence-electron chi connectivity index (χ1n) is 7.15. The number of halogens is 2. The van der Waals surface area contributed by atoms with Crippen LogP contribution >= 0.6 is 24.0 Å². The quantitative estimate of drug-likeness (QED) is 0.752. The standard InChI is InChI=1S/C14H20ClN3O3S.ClH/c15-12-1-3-13(4-2-12)22(20,21)11-14(19)17-7-10-18-8-5-16-6-9-18;/h1-4,16H,5-11H2,(H,17,19);1H. The Bertz CT molecular complexity index is 602. The summed E-state index contributed by atoms with van der Waals surface area (Å²) in [5, 5.41) is 6.37. The van der Waals surface area contributed by atoms with Crippen LogP contribution in [0.4, 0.5) is 0 Å². The molecule has 0 unspecified atom stereocenters. The van der Waals surface area contributed by atoms with Crippen LogP contribution in [0.15, 0.2) is 29.2 Å². The third-order valence-corrected chi connectivity index (χ3v) is 5.34. The van der Waals surface area contributed by atoms with Crippen molar-refractivity contribution in [3.63, 3.8) is 0 Å². The van der Waals surface area contributed by atoms with Gasteiger partial charge in [-0.3, -0.25) is 9.69 Å². The molecular weight excluding hydrogens is 361 g/mol. The third-order valence-electron chi connectivity index (χ3n) is 3.45. The van der Waals surface area contributed by atoms with E-state index in [0.717, 1.165) is 32.7 Å². The lowest BCUT2D eigenvalue weighted by Crippen LogP contribution is -2.46. The minimum atomic E-state index is -3.63. The third kappa shape index (κ3) is 6.64. The van der Waals surface area contributed by atoms with Gasteiger partial charge in [0.2, 0.25) is 5.91 Å². The highest BCUT2D eigenvalue weighted by atomic mass is 35.5. The summed E-state index contributed by atoms with van der Waals surface area (Å²) < 4.78 is 24.2.